The molecule has 0 saturated carbocycles. The highest BCUT2D eigenvalue weighted by Gasteiger charge is 2.11. The van der Waals surface area contributed by atoms with Crippen molar-refractivity contribution >= 4 is 21.6 Å². The van der Waals surface area contributed by atoms with Crippen molar-refractivity contribution in [1.29, 1.82) is 0 Å². The van der Waals surface area contributed by atoms with Crippen molar-refractivity contribution in [3.8, 4) is 0 Å². The van der Waals surface area contributed by atoms with Gasteiger partial charge in [-0.1, -0.05) is 0 Å². The van der Waals surface area contributed by atoms with Crippen molar-refractivity contribution in [2.24, 2.45) is 0 Å². The summed E-state index contributed by atoms with van der Waals surface area (Å²) in [7, 11) is -3.67. The Morgan fingerprint density at radius 3 is 2.50 bits per heavy atom. The number of rotatable bonds is 4. The Labute approximate surface area is 94.0 Å². The van der Waals surface area contributed by atoms with Gasteiger partial charge in [-0.2, -0.15) is 13.1 Å². The topological polar surface area (TPSA) is 84.2 Å². The largest absolute Gasteiger partial charge is 0.396 e. The summed E-state index contributed by atoms with van der Waals surface area (Å²) in [6.07, 6.45) is 0. The summed E-state index contributed by atoms with van der Waals surface area (Å²) in [5.74, 6) is -0.662. The highest BCUT2D eigenvalue weighted by atomic mass is 32.2. The van der Waals surface area contributed by atoms with Gasteiger partial charge in [0, 0.05) is 12.1 Å². The lowest BCUT2D eigenvalue weighted by Crippen LogP contribution is -2.35. The van der Waals surface area contributed by atoms with E-state index in [9.17, 15) is 12.8 Å². The summed E-state index contributed by atoms with van der Waals surface area (Å²) in [6, 6.07) is 3.46. The molecule has 1 aromatic rings. The second-order valence-electron chi connectivity index (χ2n) is 3.61. The van der Waals surface area contributed by atoms with Crippen LogP contribution in [-0.4, -0.2) is 14.5 Å². The molecule has 0 saturated heterocycles. The first-order valence-electron chi connectivity index (χ1n) is 4.65. The maximum atomic E-state index is 13.0. The van der Waals surface area contributed by atoms with E-state index in [2.05, 4.69) is 9.44 Å². The van der Waals surface area contributed by atoms with Gasteiger partial charge in [0.15, 0.2) is 0 Å². The highest BCUT2D eigenvalue weighted by molar-refractivity contribution is 7.90. The minimum absolute atomic E-state index is 0.0280. The molecule has 0 heterocycles. The molecular formula is C9H14FN3O2S. The molecule has 0 aliphatic carbocycles. The Morgan fingerprint density at radius 1 is 1.38 bits per heavy atom. The van der Waals surface area contributed by atoms with Gasteiger partial charge in [0.2, 0.25) is 0 Å². The van der Waals surface area contributed by atoms with Gasteiger partial charge in [0.05, 0.1) is 11.4 Å². The maximum absolute atomic E-state index is 13.0. The molecule has 0 aliphatic rings. The second kappa shape index (κ2) is 4.67. The first kappa shape index (κ1) is 12.7. The molecule has 7 heteroatoms. The first-order valence-corrected chi connectivity index (χ1v) is 6.13. The van der Waals surface area contributed by atoms with Crippen molar-refractivity contribution in [3.63, 3.8) is 0 Å². The van der Waals surface area contributed by atoms with E-state index in [-0.39, 0.29) is 17.4 Å². The van der Waals surface area contributed by atoms with Crippen LogP contribution >= 0.6 is 0 Å². The van der Waals surface area contributed by atoms with Crippen LogP contribution < -0.4 is 15.2 Å². The molecule has 0 aliphatic heterocycles. The lowest BCUT2D eigenvalue weighted by Gasteiger charge is -2.11. The Kier molecular flexibility index (Phi) is 3.71. The summed E-state index contributed by atoms with van der Waals surface area (Å²) >= 11 is 0. The van der Waals surface area contributed by atoms with Crippen molar-refractivity contribution in [2.75, 3.05) is 10.5 Å². The number of hydrogen-bond donors (Lipinski definition) is 3. The number of anilines is 2. The number of nitrogen functional groups attached to an aromatic ring is 1. The van der Waals surface area contributed by atoms with E-state index < -0.39 is 16.0 Å². The number of nitrogens with two attached hydrogens (primary N) is 1. The van der Waals surface area contributed by atoms with E-state index in [1.54, 1.807) is 13.8 Å². The van der Waals surface area contributed by atoms with E-state index in [4.69, 9.17) is 5.73 Å². The first-order chi connectivity index (χ1) is 7.30. The average molecular weight is 247 g/mol. The zero-order valence-corrected chi connectivity index (χ0v) is 9.81. The Morgan fingerprint density at radius 2 is 2.00 bits per heavy atom. The smallest absolute Gasteiger partial charge is 0.299 e. The number of benzene rings is 1. The number of nitrogens with one attached hydrogen (secondary N) is 2. The van der Waals surface area contributed by atoms with Crippen molar-refractivity contribution in [1.82, 2.24) is 4.72 Å². The normalized spacial score (nSPS) is 11.8. The van der Waals surface area contributed by atoms with E-state index in [0.29, 0.717) is 0 Å². The second-order valence-corrected chi connectivity index (χ2v) is 5.06. The summed E-state index contributed by atoms with van der Waals surface area (Å²) in [4.78, 5) is 0. The van der Waals surface area contributed by atoms with Gasteiger partial charge in [-0.05, 0) is 26.0 Å². The minimum atomic E-state index is -3.67. The molecular weight excluding hydrogens is 233 g/mol. The molecule has 0 bridgehead atoms. The fourth-order valence-corrected chi connectivity index (χ4v) is 2.20. The number of halogens is 1. The fraction of sp³-hybridized carbons (Fsp3) is 0.333. The molecule has 16 heavy (non-hydrogen) atoms. The molecule has 0 spiro atoms. The SMILES string of the molecule is CC(C)NS(=O)(=O)Nc1ccc(N)c(F)c1. The van der Waals surface area contributed by atoms with Crippen molar-refractivity contribution < 1.29 is 12.8 Å². The monoisotopic (exact) mass is 247 g/mol. The molecule has 0 amide bonds. The molecule has 0 fully saturated rings. The predicted molar refractivity (Wildman–Crippen MR) is 61.6 cm³/mol. The van der Waals surface area contributed by atoms with Crippen LogP contribution in [0, 0.1) is 5.82 Å². The summed E-state index contributed by atoms with van der Waals surface area (Å²) < 4.78 is 40.4. The van der Waals surface area contributed by atoms with Gasteiger partial charge < -0.3 is 5.73 Å². The quantitative estimate of drug-likeness (QED) is 0.696. The minimum Gasteiger partial charge on any atom is -0.396 e. The maximum Gasteiger partial charge on any atom is 0.299 e. The van der Waals surface area contributed by atoms with Crippen LogP contribution in [0.1, 0.15) is 13.8 Å². The van der Waals surface area contributed by atoms with Crippen LogP contribution in [0.3, 0.4) is 0 Å². The highest BCUT2D eigenvalue weighted by Crippen LogP contribution is 2.16. The van der Waals surface area contributed by atoms with E-state index >= 15 is 0 Å². The van der Waals surface area contributed by atoms with Gasteiger partial charge in [0.1, 0.15) is 5.82 Å². The van der Waals surface area contributed by atoms with Crippen LogP contribution in [0.4, 0.5) is 15.8 Å². The van der Waals surface area contributed by atoms with Crippen molar-refractivity contribution in [3.05, 3.63) is 24.0 Å². The lowest BCUT2D eigenvalue weighted by atomic mass is 10.3. The third-order valence-electron chi connectivity index (χ3n) is 1.64. The molecule has 0 aromatic heterocycles. The van der Waals surface area contributed by atoms with E-state index in [1.165, 1.54) is 12.1 Å². The van der Waals surface area contributed by atoms with Gasteiger partial charge in [-0.15, -0.1) is 0 Å². The van der Waals surface area contributed by atoms with Crippen molar-refractivity contribution in [2.45, 2.75) is 19.9 Å². The van der Waals surface area contributed by atoms with E-state index in [1.807, 2.05) is 0 Å². The van der Waals surface area contributed by atoms with Crippen LogP contribution in [0.5, 0.6) is 0 Å². The Balaban J connectivity index is 2.84. The summed E-state index contributed by atoms with van der Waals surface area (Å²) in [6.45, 7) is 3.37. The van der Waals surface area contributed by atoms with E-state index in [0.717, 1.165) is 6.07 Å². The Hall–Kier alpha value is -1.34. The van der Waals surface area contributed by atoms with Crippen LogP contribution in [0.2, 0.25) is 0 Å². The zero-order chi connectivity index (χ0) is 12.3. The standard InChI is InChI=1S/C9H14FN3O2S/c1-6(2)12-16(14,15)13-7-3-4-9(11)8(10)5-7/h3-6,12-13H,11H2,1-2H3. The van der Waals surface area contributed by atoms with Gasteiger partial charge in [0.25, 0.3) is 10.2 Å². The fourth-order valence-electron chi connectivity index (χ4n) is 1.09. The van der Waals surface area contributed by atoms with Crippen LogP contribution in [0.15, 0.2) is 18.2 Å². The number of hydrogen-bond acceptors (Lipinski definition) is 3. The molecule has 0 unspecified atom stereocenters. The summed E-state index contributed by atoms with van der Waals surface area (Å²) in [5, 5.41) is 0. The molecule has 5 nitrogen and oxygen atoms in total. The van der Waals surface area contributed by atoms with Crippen LogP contribution in [0.25, 0.3) is 0 Å². The van der Waals surface area contributed by atoms with Gasteiger partial charge >= 0.3 is 0 Å². The lowest BCUT2D eigenvalue weighted by molar-refractivity contribution is 0.575. The third kappa shape index (κ3) is 3.67. The summed E-state index contributed by atoms with van der Waals surface area (Å²) in [5.41, 5.74) is 5.36. The Bertz CT molecular complexity index is 474. The molecule has 1 rings (SSSR count). The third-order valence-corrected chi connectivity index (χ3v) is 2.93. The molecule has 0 atom stereocenters. The molecule has 4 N–H and O–H groups in total. The average Bonchev–Trinajstić information content (AvgIpc) is 2.08. The molecule has 90 valence electrons. The van der Waals surface area contributed by atoms with Gasteiger partial charge in [-0.25, -0.2) is 4.39 Å². The van der Waals surface area contributed by atoms with Gasteiger partial charge in [-0.3, -0.25) is 4.72 Å². The zero-order valence-electron chi connectivity index (χ0n) is 8.99. The predicted octanol–water partition coefficient (Wildman–Crippen LogP) is 1.06. The van der Waals surface area contributed by atoms with Crippen LogP contribution in [-0.2, 0) is 10.2 Å². The molecule has 0 radical (unpaired) electrons. The molecule has 1 aromatic carbocycles.